The summed E-state index contributed by atoms with van der Waals surface area (Å²) in [6, 6.07) is 21.0. The lowest BCUT2D eigenvalue weighted by atomic mass is 9.99. The molecule has 0 aliphatic carbocycles. The van der Waals surface area contributed by atoms with Crippen LogP contribution in [0.25, 0.3) is 10.8 Å². The minimum absolute atomic E-state index is 0.199. The topological polar surface area (TPSA) is 37.4 Å². The van der Waals surface area contributed by atoms with Crippen molar-refractivity contribution in [3.05, 3.63) is 83.4 Å². The third-order valence-corrected chi connectivity index (χ3v) is 4.68. The van der Waals surface area contributed by atoms with Gasteiger partial charge in [-0.1, -0.05) is 55.5 Å². The lowest BCUT2D eigenvalue weighted by Crippen LogP contribution is -2.33. The molecule has 0 bridgehead atoms. The molecular formula is C21H17NO2. The maximum absolute atomic E-state index is 12.7. The molecular weight excluding hydrogens is 298 g/mol. The van der Waals surface area contributed by atoms with Gasteiger partial charge in [0, 0.05) is 0 Å². The zero-order valence-electron chi connectivity index (χ0n) is 13.4. The van der Waals surface area contributed by atoms with Gasteiger partial charge in [-0.25, -0.2) is 0 Å². The van der Waals surface area contributed by atoms with Crippen molar-refractivity contribution in [1.29, 1.82) is 0 Å². The van der Waals surface area contributed by atoms with Crippen molar-refractivity contribution in [1.82, 2.24) is 4.90 Å². The first kappa shape index (κ1) is 14.6. The van der Waals surface area contributed by atoms with Crippen LogP contribution in [0.4, 0.5) is 0 Å². The van der Waals surface area contributed by atoms with Gasteiger partial charge in [0.1, 0.15) is 0 Å². The maximum atomic E-state index is 12.7. The van der Waals surface area contributed by atoms with E-state index in [0.29, 0.717) is 17.5 Å². The monoisotopic (exact) mass is 315 g/mol. The highest BCUT2D eigenvalue weighted by atomic mass is 16.2. The summed E-state index contributed by atoms with van der Waals surface area (Å²) in [6.45, 7) is 2.00. The van der Waals surface area contributed by atoms with Crippen LogP contribution in [0.5, 0.6) is 0 Å². The van der Waals surface area contributed by atoms with Gasteiger partial charge in [0.15, 0.2) is 0 Å². The number of carbonyl (C=O) groups excluding carboxylic acids is 2. The molecule has 1 aliphatic heterocycles. The van der Waals surface area contributed by atoms with Gasteiger partial charge in [0.25, 0.3) is 11.8 Å². The van der Waals surface area contributed by atoms with E-state index in [9.17, 15) is 9.59 Å². The van der Waals surface area contributed by atoms with E-state index in [0.717, 1.165) is 16.3 Å². The molecule has 1 heterocycles. The molecule has 0 fully saturated rings. The van der Waals surface area contributed by atoms with Gasteiger partial charge in [-0.05, 0) is 41.0 Å². The molecule has 3 aromatic rings. The molecule has 118 valence electrons. The molecule has 3 aromatic carbocycles. The van der Waals surface area contributed by atoms with Crippen molar-refractivity contribution in [3.63, 3.8) is 0 Å². The molecule has 1 atom stereocenters. The molecule has 0 saturated carbocycles. The van der Waals surface area contributed by atoms with E-state index in [1.165, 1.54) is 4.90 Å². The Labute approximate surface area is 140 Å². The van der Waals surface area contributed by atoms with Crippen LogP contribution in [0.15, 0.2) is 66.7 Å². The predicted molar refractivity (Wildman–Crippen MR) is 93.9 cm³/mol. The second kappa shape index (κ2) is 5.60. The molecule has 3 heteroatoms. The molecule has 0 radical (unpaired) electrons. The first-order chi connectivity index (χ1) is 11.7. The van der Waals surface area contributed by atoms with Gasteiger partial charge < -0.3 is 0 Å². The fraction of sp³-hybridized carbons (Fsp3) is 0.143. The van der Waals surface area contributed by atoms with E-state index in [2.05, 4.69) is 12.1 Å². The third-order valence-electron chi connectivity index (χ3n) is 4.68. The normalized spacial score (nSPS) is 15.0. The van der Waals surface area contributed by atoms with E-state index < -0.39 is 0 Å². The Kier molecular flexibility index (Phi) is 3.42. The van der Waals surface area contributed by atoms with Crippen molar-refractivity contribution in [2.45, 2.75) is 19.4 Å². The fourth-order valence-corrected chi connectivity index (χ4v) is 3.47. The quantitative estimate of drug-likeness (QED) is 0.663. The summed E-state index contributed by atoms with van der Waals surface area (Å²) in [5, 5.41) is 2.27. The van der Waals surface area contributed by atoms with Crippen LogP contribution in [-0.4, -0.2) is 16.7 Å². The van der Waals surface area contributed by atoms with Gasteiger partial charge >= 0.3 is 0 Å². The predicted octanol–water partition coefficient (Wildman–Crippen LogP) is 4.59. The summed E-state index contributed by atoms with van der Waals surface area (Å²) >= 11 is 0. The summed E-state index contributed by atoms with van der Waals surface area (Å²) in [7, 11) is 0. The van der Waals surface area contributed by atoms with Crippen LogP contribution in [0.3, 0.4) is 0 Å². The Bertz CT molecular complexity index is 926. The summed E-state index contributed by atoms with van der Waals surface area (Å²) in [4.78, 5) is 26.9. The Morgan fingerprint density at radius 2 is 1.38 bits per heavy atom. The summed E-state index contributed by atoms with van der Waals surface area (Å²) in [5.74, 6) is -0.397. The van der Waals surface area contributed by atoms with Crippen LogP contribution < -0.4 is 0 Å². The highest BCUT2D eigenvalue weighted by Gasteiger charge is 2.39. The van der Waals surface area contributed by atoms with Gasteiger partial charge in [0.05, 0.1) is 17.2 Å². The van der Waals surface area contributed by atoms with Crippen molar-refractivity contribution >= 4 is 22.6 Å². The number of amides is 2. The zero-order valence-corrected chi connectivity index (χ0v) is 13.4. The van der Waals surface area contributed by atoms with E-state index >= 15 is 0 Å². The average Bonchev–Trinajstić information content (AvgIpc) is 2.88. The standard InChI is InChI=1S/C21H17NO2/c1-2-19(16-12-11-14-7-3-4-8-15(14)13-16)22-20(23)17-9-5-6-10-18(17)21(22)24/h3-13,19H,2H2,1H3. The minimum Gasteiger partial charge on any atom is -0.269 e. The number of nitrogens with zero attached hydrogens (tertiary/aromatic N) is 1. The Morgan fingerprint density at radius 1 is 0.792 bits per heavy atom. The van der Waals surface area contributed by atoms with E-state index in [-0.39, 0.29) is 17.9 Å². The number of hydrogen-bond acceptors (Lipinski definition) is 2. The van der Waals surface area contributed by atoms with Crippen LogP contribution in [0.1, 0.15) is 45.7 Å². The summed E-state index contributed by atoms with van der Waals surface area (Å²) in [6.07, 6.45) is 0.684. The van der Waals surface area contributed by atoms with Gasteiger partial charge in [-0.15, -0.1) is 0 Å². The van der Waals surface area contributed by atoms with E-state index in [1.54, 1.807) is 24.3 Å². The zero-order chi connectivity index (χ0) is 16.7. The van der Waals surface area contributed by atoms with Crippen molar-refractivity contribution in [2.24, 2.45) is 0 Å². The van der Waals surface area contributed by atoms with Gasteiger partial charge in [-0.2, -0.15) is 0 Å². The average molecular weight is 315 g/mol. The Balaban J connectivity index is 1.78. The number of carbonyl (C=O) groups is 2. The van der Waals surface area contributed by atoms with Crippen molar-refractivity contribution in [3.8, 4) is 0 Å². The number of fused-ring (bicyclic) bond motifs is 2. The maximum Gasteiger partial charge on any atom is 0.262 e. The van der Waals surface area contributed by atoms with Gasteiger partial charge in [-0.3, -0.25) is 14.5 Å². The molecule has 4 rings (SSSR count). The largest absolute Gasteiger partial charge is 0.269 e. The second-order valence-corrected chi connectivity index (χ2v) is 6.06. The molecule has 0 spiro atoms. The van der Waals surface area contributed by atoms with E-state index in [4.69, 9.17) is 0 Å². The molecule has 1 unspecified atom stereocenters. The fourth-order valence-electron chi connectivity index (χ4n) is 3.47. The first-order valence-corrected chi connectivity index (χ1v) is 8.16. The number of rotatable bonds is 3. The number of hydrogen-bond donors (Lipinski definition) is 0. The van der Waals surface area contributed by atoms with Crippen molar-refractivity contribution in [2.75, 3.05) is 0 Å². The van der Waals surface area contributed by atoms with Crippen molar-refractivity contribution < 1.29 is 9.59 Å². The summed E-state index contributed by atoms with van der Waals surface area (Å²) < 4.78 is 0. The summed E-state index contributed by atoms with van der Waals surface area (Å²) in [5.41, 5.74) is 1.99. The molecule has 0 N–H and O–H groups in total. The lowest BCUT2D eigenvalue weighted by molar-refractivity contribution is 0.0578. The first-order valence-electron chi connectivity index (χ1n) is 8.16. The van der Waals surface area contributed by atoms with Gasteiger partial charge in [0.2, 0.25) is 0 Å². The number of benzene rings is 3. The van der Waals surface area contributed by atoms with Crippen LogP contribution in [-0.2, 0) is 0 Å². The molecule has 1 aliphatic rings. The van der Waals surface area contributed by atoms with Crippen LogP contribution in [0.2, 0.25) is 0 Å². The Hall–Kier alpha value is -2.94. The molecule has 0 saturated heterocycles. The minimum atomic E-state index is -0.248. The smallest absolute Gasteiger partial charge is 0.262 e. The van der Waals surface area contributed by atoms with E-state index in [1.807, 2.05) is 37.3 Å². The number of imide groups is 1. The Morgan fingerprint density at radius 3 is 2.00 bits per heavy atom. The SMILES string of the molecule is CCC(c1ccc2ccccc2c1)N1C(=O)c2ccccc2C1=O. The third kappa shape index (κ3) is 2.13. The van der Waals surface area contributed by atoms with Crippen LogP contribution >= 0.6 is 0 Å². The molecule has 2 amide bonds. The lowest BCUT2D eigenvalue weighted by Gasteiger charge is -2.25. The molecule has 0 aromatic heterocycles. The highest BCUT2D eigenvalue weighted by molar-refractivity contribution is 6.21. The highest BCUT2D eigenvalue weighted by Crippen LogP contribution is 2.34. The van der Waals surface area contributed by atoms with Crippen LogP contribution in [0, 0.1) is 0 Å². The molecule has 24 heavy (non-hydrogen) atoms. The second-order valence-electron chi connectivity index (χ2n) is 6.06. The molecule has 3 nitrogen and oxygen atoms in total.